The van der Waals surface area contributed by atoms with E-state index in [9.17, 15) is 14.8 Å². The van der Waals surface area contributed by atoms with Crippen LogP contribution >= 0.6 is 11.6 Å². The second-order valence-corrected chi connectivity index (χ2v) is 7.59. The molecular weight excluding hydrogens is 420 g/mol. The largest absolute Gasteiger partial charge is 0.497 e. The standard InChI is InChI=1S/C22H23ClN4O4/c1-15(28)27(2,30)25-22(29)13-8-18-14-21(16-4-6-17(23)7-5-16)26(24-18)19-9-11-20(31-3)12-10-19/h4-7,9-12,14,30H,8,13H2,1-3H3/p+1. The van der Waals surface area contributed by atoms with Gasteiger partial charge in [0.1, 0.15) is 12.8 Å². The maximum Gasteiger partial charge on any atom is 0.367 e. The summed E-state index contributed by atoms with van der Waals surface area (Å²) in [5.74, 6) is -0.328. The molecule has 1 unspecified atom stereocenters. The van der Waals surface area contributed by atoms with Gasteiger partial charge < -0.3 is 4.74 Å². The van der Waals surface area contributed by atoms with Gasteiger partial charge in [-0.15, -0.1) is 0 Å². The highest BCUT2D eigenvalue weighted by atomic mass is 35.5. The maximum absolute atomic E-state index is 12.2. The highest BCUT2D eigenvalue weighted by Gasteiger charge is 2.28. The first-order valence-electron chi connectivity index (χ1n) is 9.60. The highest BCUT2D eigenvalue weighted by molar-refractivity contribution is 6.30. The number of hydrogen-bond donors (Lipinski definition) is 2. The van der Waals surface area contributed by atoms with Crippen molar-refractivity contribution in [2.45, 2.75) is 19.8 Å². The molecule has 0 saturated carbocycles. The molecule has 0 radical (unpaired) electrons. The Kier molecular flexibility index (Phi) is 6.74. The maximum atomic E-state index is 12.2. The third kappa shape index (κ3) is 5.49. The average Bonchev–Trinajstić information content (AvgIpc) is 3.17. The van der Waals surface area contributed by atoms with Gasteiger partial charge in [0.05, 0.1) is 31.1 Å². The summed E-state index contributed by atoms with van der Waals surface area (Å²) in [7, 11) is 2.80. The summed E-state index contributed by atoms with van der Waals surface area (Å²) < 4.78 is 5.82. The summed E-state index contributed by atoms with van der Waals surface area (Å²) in [6.45, 7) is 1.19. The third-order valence-electron chi connectivity index (χ3n) is 4.78. The minimum Gasteiger partial charge on any atom is -0.497 e. The fraction of sp³-hybridized carbons (Fsp3) is 0.227. The molecule has 2 N–H and O–H groups in total. The average molecular weight is 444 g/mol. The summed E-state index contributed by atoms with van der Waals surface area (Å²) in [6, 6.07) is 16.8. The molecule has 3 rings (SSSR count). The van der Waals surface area contributed by atoms with E-state index in [1.807, 2.05) is 42.5 Å². The number of quaternary nitrogens is 1. The van der Waals surface area contributed by atoms with Crippen LogP contribution < -0.4 is 10.2 Å². The Morgan fingerprint density at radius 1 is 1.16 bits per heavy atom. The topological polar surface area (TPSA) is 93.5 Å². The minimum absolute atomic E-state index is 0.0569. The minimum atomic E-state index is -1.20. The molecule has 1 aromatic heterocycles. The van der Waals surface area contributed by atoms with Crippen LogP contribution in [-0.2, 0) is 16.0 Å². The van der Waals surface area contributed by atoms with E-state index in [0.717, 1.165) is 22.7 Å². The first-order chi connectivity index (χ1) is 14.7. The molecule has 0 saturated heterocycles. The lowest BCUT2D eigenvalue weighted by Crippen LogP contribution is -2.57. The molecule has 2 aromatic carbocycles. The Hall–Kier alpha value is -3.20. The highest BCUT2D eigenvalue weighted by Crippen LogP contribution is 2.27. The second-order valence-electron chi connectivity index (χ2n) is 7.15. The van der Waals surface area contributed by atoms with Gasteiger partial charge in [-0.1, -0.05) is 23.7 Å². The van der Waals surface area contributed by atoms with Gasteiger partial charge >= 0.3 is 5.91 Å². The number of hydrogen-bond acceptors (Lipinski definition) is 5. The summed E-state index contributed by atoms with van der Waals surface area (Å²) in [4.78, 5) is 23.6. The van der Waals surface area contributed by atoms with Crippen molar-refractivity contribution in [1.82, 2.24) is 15.2 Å². The van der Waals surface area contributed by atoms with E-state index in [1.54, 1.807) is 23.9 Å². The van der Waals surface area contributed by atoms with Crippen molar-refractivity contribution in [2.24, 2.45) is 0 Å². The molecule has 0 spiro atoms. The van der Waals surface area contributed by atoms with Crippen LogP contribution in [0.25, 0.3) is 16.9 Å². The van der Waals surface area contributed by atoms with Crippen LogP contribution in [0, 0.1) is 0 Å². The smallest absolute Gasteiger partial charge is 0.367 e. The fourth-order valence-electron chi connectivity index (χ4n) is 2.92. The van der Waals surface area contributed by atoms with Gasteiger partial charge in [0.2, 0.25) is 0 Å². The number of amides is 2. The molecule has 31 heavy (non-hydrogen) atoms. The van der Waals surface area contributed by atoms with Gasteiger partial charge in [-0.2, -0.15) is 15.7 Å². The van der Waals surface area contributed by atoms with Gasteiger partial charge in [-0.25, -0.2) is 9.48 Å². The SMILES string of the molecule is COc1ccc(-n2nc(CCC(=O)N[N+](C)(O)C(C)=O)cc2-c2ccc(Cl)cc2)cc1. The Labute approximate surface area is 185 Å². The number of carbonyl (C=O) groups is 2. The van der Waals surface area contributed by atoms with Crippen molar-refractivity contribution in [2.75, 3.05) is 14.2 Å². The van der Waals surface area contributed by atoms with Crippen molar-refractivity contribution >= 4 is 23.4 Å². The number of hydroxylamine groups is 2. The lowest BCUT2D eigenvalue weighted by molar-refractivity contribution is -1.05. The zero-order valence-corrected chi connectivity index (χ0v) is 18.3. The lowest BCUT2D eigenvalue weighted by Gasteiger charge is -2.20. The number of ether oxygens (including phenoxy) is 1. The molecule has 0 aliphatic carbocycles. The zero-order chi connectivity index (χ0) is 22.6. The number of aryl methyl sites for hydroxylation is 1. The Morgan fingerprint density at radius 3 is 2.39 bits per heavy atom. The normalized spacial score (nSPS) is 12.8. The zero-order valence-electron chi connectivity index (χ0n) is 17.5. The van der Waals surface area contributed by atoms with E-state index in [-0.39, 0.29) is 6.42 Å². The summed E-state index contributed by atoms with van der Waals surface area (Å²) in [5, 5.41) is 15.2. The van der Waals surface area contributed by atoms with Crippen LogP contribution in [0.2, 0.25) is 5.02 Å². The molecule has 9 heteroatoms. The first-order valence-corrected chi connectivity index (χ1v) is 9.98. The van der Waals surface area contributed by atoms with Crippen LogP contribution in [0.5, 0.6) is 5.75 Å². The van der Waals surface area contributed by atoms with Crippen LogP contribution in [0.1, 0.15) is 19.0 Å². The van der Waals surface area contributed by atoms with Crippen molar-refractivity contribution in [1.29, 1.82) is 0 Å². The molecule has 0 fully saturated rings. The quantitative estimate of drug-likeness (QED) is 0.345. The van der Waals surface area contributed by atoms with Crippen molar-refractivity contribution in [3.8, 4) is 22.7 Å². The van der Waals surface area contributed by atoms with Gasteiger partial charge in [0.15, 0.2) is 0 Å². The molecule has 0 bridgehead atoms. The van der Waals surface area contributed by atoms with E-state index in [2.05, 4.69) is 10.5 Å². The second kappa shape index (κ2) is 9.30. The summed E-state index contributed by atoms with van der Waals surface area (Å²) in [6.07, 6.45) is 0.384. The van der Waals surface area contributed by atoms with Gasteiger partial charge in [-0.3, -0.25) is 4.79 Å². The number of carbonyl (C=O) groups excluding carboxylic acids is 2. The van der Waals surface area contributed by atoms with E-state index >= 15 is 0 Å². The number of halogens is 1. The fourth-order valence-corrected chi connectivity index (χ4v) is 3.04. The van der Waals surface area contributed by atoms with E-state index in [1.165, 1.54) is 14.0 Å². The molecule has 2 amide bonds. The van der Waals surface area contributed by atoms with Crippen LogP contribution in [-0.4, -0.2) is 45.7 Å². The molecule has 1 atom stereocenters. The summed E-state index contributed by atoms with van der Waals surface area (Å²) in [5.41, 5.74) is 5.54. The van der Waals surface area contributed by atoms with Gasteiger partial charge in [0.25, 0.3) is 5.91 Å². The Morgan fingerprint density at radius 2 is 1.81 bits per heavy atom. The number of methoxy groups -OCH3 is 1. The number of rotatable bonds is 6. The Bertz CT molecular complexity index is 1080. The van der Waals surface area contributed by atoms with Gasteiger partial charge in [0, 0.05) is 23.4 Å². The first kappa shape index (κ1) is 22.5. The molecule has 3 aromatic rings. The molecule has 162 valence electrons. The predicted octanol–water partition coefficient (Wildman–Crippen LogP) is 3.55. The third-order valence-corrected chi connectivity index (χ3v) is 5.03. The number of aromatic nitrogens is 2. The number of nitrogens with one attached hydrogen (secondary N) is 1. The Balaban J connectivity index is 1.87. The molecule has 0 aliphatic rings. The van der Waals surface area contributed by atoms with Crippen LogP contribution in [0.3, 0.4) is 0 Å². The number of nitrogens with zero attached hydrogens (tertiary/aromatic N) is 3. The van der Waals surface area contributed by atoms with Crippen LogP contribution in [0.4, 0.5) is 0 Å². The number of benzene rings is 2. The van der Waals surface area contributed by atoms with Crippen molar-refractivity contribution in [3.05, 3.63) is 65.3 Å². The van der Waals surface area contributed by atoms with Crippen molar-refractivity contribution < 1.29 is 24.3 Å². The molecule has 0 aliphatic heterocycles. The van der Waals surface area contributed by atoms with Gasteiger partial charge in [-0.05, 0) is 47.2 Å². The lowest BCUT2D eigenvalue weighted by atomic mass is 10.1. The summed E-state index contributed by atoms with van der Waals surface area (Å²) >= 11 is 6.03. The predicted molar refractivity (Wildman–Crippen MR) is 116 cm³/mol. The molecular formula is C22H24ClN4O4+. The molecule has 1 heterocycles. The molecule has 8 nitrogen and oxygen atoms in total. The van der Waals surface area contributed by atoms with Crippen LogP contribution in [0.15, 0.2) is 54.6 Å². The van der Waals surface area contributed by atoms with E-state index in [0.29, 0.717) is 17.1 Å². The monoisotopic (exact) mass is 443 g/mol. The van der Waals surface area contributed by atoms with E-state index in [4.69, 9.17) is 16.3 Å². The van der Waals surface area contributed by atoms with Crippen molar-refractivity contribution in [3.63, 3.8) is 0 Å². The van der Waals surface area contributed by atoms with E-state index < -0.39 is 16.6 Å².